The zero-order valence-electron chi connectivity index (χ0n) is 10.9. The predicted octanol–water partition coefficient (Wildman–Crippen LogP) is -0.122. The number of aliphatic carboxylic acids is 2. The maximum Gasteiger partial charge on any atom is 0.308 e. The Hall–Kier alpha value is -2.00. The summed E-state index contributed by atoms with van der Waals surface area (Å²) in [5.41, 5.74) is 0. The van der Waals surface area contributed by atoms with E-state index < -0.39 is 33.8 Å². The van der Waals surface area contributed by atoms with Crippen molar-refractivity contribution in [3.63, 3.8) is 0 Å². The van der Waals surface area contributed by atoms with Crippen LogP contribution >= 0.6 is 0 Å². The van der Waals surface area contributed by atoms with E-state index in [1.807, 2.05) is 0 Å². The number of carbonyl (C=O) groups is 2. The highest BCUT2D eigenvalue weighted by Crippen LogP contribution is 2.28. The molecule has 2 N–H and O–H groups in total. The van der Waals surface area contributed by atoms with Gasteiger partial charge in [-0.15, -0.1) is 0 Å². The van der Waals surface area contributed by atoms with Crippen LogP contribution < -0.4 is 0 Å². The normalized spacial score (nSPS) is 23.6. The zero-order chi connectivity index (χ0) is 15.6. The second-order valence-electron chi connectivity index (χ2n) is 4.73. The molecule has 21 heavy (non-hydrogen) atoms. The summed E-state index contributed by atoms with van der Waals surface area (Å²) in [6.45, 7) is -0.387. The van der Waals surface area contributed by atoms with Gasteiger partial charge in [0, 0.05) is 25.5 Å². The van der Waals surface area contributed by atoms with Crippen molar-refractivity contribution in [2.45, 2.75) is 11.3 Å². The average Bonchev–Trinajstić information content (AvgIpc) is 2.47. The largest absolute Gasteiger partial charge is 0.481 e. The molecular weight excluding hydrogens is 300 g/mol. The van der Waals surface area contributed by atoms with Crippen molar-refractivity contribution < 1.29 is 28.2 Å². The number of piperidine rings is 1. The quantitative estimate of drug-likeness (QED) is 0.793. The van der Waals surface area contributed by atoms with Gasteiger partial charge in [0.2, 0.25) is 10.0 Å². The Balaban J connectivity index is 2.27. The van der Waals surface area contributed by atoms with Crippen molar-refractivity contribution in [2.75, 3.05) is 13.1 Å². The molecule has 2 atom stereocenters. The number of sulfonamides is 1. The Bertz CT molecular complexity index is 645. The molecule has 8 nitrogen and oxygen atoms in total. The van der Waals surface area contributed by atoms with E-state index in [1.54, 1.807) is 0 Å². The molecule has 0 amide bonds. The van der Waals surface area contributed by atoms with Gasteiger partial charge in [-0.25, -0.2) is 8.42 Å². The van der Waals surface area contributed by atoms with Crippen LogP contribution in [0.25, 0.3) is 0 Å². The van der Waals surface area contributed by atoms with Gasteiger partial charge in [0.1, 0.15) is 4.90 Å². The molecular formula is C12H14N2O6S. The number of nitrogens with zero attached hydrogens (tertiary/aromatic N) is 2. The van der Waals surface area contributed by atoms with Crippen molar-refractivity contribution in [3.8, 4) is 0 Å². The van der Waals surface area contributed by atoms with Crippen LogP contribution in [-0.4, -0.2) is 52.9 Å². The fourth-order valence-corrected chi connectivity index (χ4v) is 3.78. The Kier molecular flexibility index (Phi) is 4.24. The molecule has 1 aromatic heterocycles. The van der Waals surface area contributed by atoms with Gasteiger partial charge in [0.25, 0.3) is 0 Å². The van der Waals surface area contributed by atoms with Crippen LogP contribution in [-0.2, 0) is 19.6 Å². The van der Waals surface area contributed by atoms with Crippen LogP contribution in [0.4, 0.5) is 0 Å². The zero-order valence-corrected chi connectivity index (χ0v) is 11.7. The summed E-state index contributed by atoms with van der Waals surface area (Å²) in [5.74, 6) is -4.88. The lowest BCUT2D eigenvalue weighted by molar-refractivity contribution is -0.156. The maximum atomic E-state index is 12.4. The average molecular weight is 314 g/mol. The second-order valence-corrected chi connectivity index (χ2v) is 6.67. The third kappa shape index (κ3) is 3.03. The van der Waals surface area contributed by atoms with Crippen LogP contribution in [0.1, 0.15) is 6.42 Å². The molecule has 0 spiro atoms. The maximum absolute atomic E-state index is 12.4. The molecule has 0 radical (unpaired) electrons. The molecule has 1 aromatic rings. The van der Waals surface area contributed by atoms with Gasteiger partial charge >= 0.3 is 11.9 Å². The Labute approximate surface area is 121 Å². The lowest BCUT2D eigenvalue weighted by Crippen LogP contribution is -2.48. The summed E-state index contributed by atoms with van der Waals surface area (Å²) in [7, 11) is -3.86. The number of hydrogen-bond donors (Lipinski definition) is 2. The molecule has 0 bridgehead atoms. The molecule has 0 aromatic carbocycles. The predicted molar refractivity (Wildman–Crippen MR) is 69.9 cm³/mol. The van der Waals surface area contributed by atoms with Gasteiger partial charge in [-0.1, -0.05) is 0 Å². The highest BCUT2D eigenvalue weighted by Gasteiger charge is 2.42. The summed E-state index contributed by atoms with van der Waals surface area (Å²) in [5, 5.41) is 18.1. The lowest BCUT2D eigenvalue weighted by Gasteiger charge is -2.33. The smallest absolute Gasteiger partial charge is 0.308 e. The first-order chi connectivity index (χ1) is 9.84. The van der Waals surface area contributed by atoms with Crippen molar-refractivity contribution in [1.29, 1.82) is 0 Å². The fourth-order valence-electron chi connectivity index (χ4n) is 2.34. The summed E-state index contributed by atoms with van der Waals surface area (Å²) in [6.07, 6.45) is 2.57. The molecule has 0 saturated carbocycles. The summed E-state index contributed by atoms with van der Waals surface area (Å²) in [6, 6.07) is 2.83. The molecule has 2 rings (SSSR count). The first kappa shape index (κ1) is 15.4. The molecule has 1 aliphatic rings. The number of carboxylic acid groups (broad SMARTS) is 2. The van der Waals surface area contributed by atoms with Crippen molar-refractivity contribution in [2.24, 2.45) is 11.8 Å². The van der Waals surface area contributed by atoms with Crippen molar-refractivity contribution >= 4 is 22.0 Å². The SMILES string of the molecule is O=C(O)C1CCN(S(=O)(=O)c2cccnc2)CC1C(=O)O. The molecule has 9 heteroatoms. The highest BCUT2D eigenvalue weighted by atomic mass is 32.2. The van der Waals surface area contributed by atoms with Gasteiger partial charge in [-0.05, 0) is 18.6 Å². The van der Waals surface area contributed by atoms with Gasteiger partial charge in [-0.2, -0.15) is 4.31 Å². The van der Waals surface area contributed by atoms with Crippen LogP contribution in [0, 0.1) is 11.8 Å². The minimum Gasteiger partial charge on any atom is -0.481 e. The number of hydrogen-bond acceptors (Lipinski definition) is 5. The number of pyridine rings is 1. The van der Waals surface area contributed by atoms with E-state index >= 15 is 0 Å². The van der Waals surface area contributed by atoms with Crippen LogP contribution in [0.15, 0.2) is 29.4 Å². The van der Waals surface area contributed by atoms with E-state index in [0.717, 1.165) is 4.31 Å². The molecule has 1 saturated heterocycles. The highest BCUT2D eigenvalue weighted by molar-refractivity contribution is 7.89. The monoisotopic (exact) mass is 314 g/mol. The van der Waals surface area contributed by atoms with Gasteiger partial charge in [-0.3, -0.25) is 14.6 Å². The van der Waals surface area contributed by atoms with Crippen LogP contribution in [0.3, 0.4) is 0 Å². The number of aromatic nitrogens is 1. The topological polar surface area (TPSA) is 125 Å². The van der Waals surface area contributed by atoms with E-state index in [9.17, 15) is 18.0 Å². The number of rotatable bonds is 4. The first-order valence-electron chi connectivity index (χ1n) is 6.20. The van der Waals surface area contributed by atoms with Crippen molar-refractivity contribution in [1.82, 2.24) is 9.29 Å². The van der Waals surface area contributed by atoms with E-state index in [1.165, 1.54) is 24.5 Å². The Morgan fingerprint density at radius 3 is 2.43 bits per heavy atom. The van der Waals surface area contributed by atoms with Crippen molar-refractivity contribution in [3.05, 3.63) is 24.5 Å². The Morgan fingerprint density at radius 1 is 1.24 bits per heavy atom. The molecule has 2 heterocycles. The molecule has 0 aliphatic carbocycles. The molecule has 1 aliphatic heterocycles. The minimum atomic E-state index is -3.86. The molecule has 114 valence electrons. The van der Waals surface area contributed by atoms with Crippen LogP contribution in [0.5, 0.6) is 0 Å². The van der Waals surface area contributed by atoms with Gasteiger partial charge in [0.05, 0.1) is 11.8 Å². The van der Waals surface area contributed by atoms with E-state index in [0.29, 0.717) is 0 Å². The molecule has 1 fully saturated rings. The van der Waals surface area contributed by atoms with Gasteiger partial charge < -0.3 is 10.2 Å². The lowest BCUT2D eigenvalue weighted by atomic mass is 9.86. The molecule has 2 unspecified atom stereocenters. The van der Waals surface area contributed by atoms with Crippen LogP contribution in [0.2, 0.25) is 0 Å². The standard InChI is InChI=1S/C12H14N2O6S/c15-11(16)9-3-5-14(7-10(9)12(17)18)21(19,20)8-2-1-4-13-6-8/h1-2,4,6,9-10H,3,5,7H2,(H,15,16)(H,17,18). The summed E-state index contributed by atoms with van der Waals surface area (Å²) in [4.78, 5) is 25.9. The fraction of sp³-hybridized carbons (Fsp3) is 0.417. The second kappa shape index (κ2) is 5.78. The van der Waals surface area contributed by atoms with E-state index in [4.69, 9.17) is 10.2 Å². The van der Waals surface area contributed by atoms with E-state index in [2.05, 4.69) is 4.98 Å². The van der Waals surface area contributed by atoms with Gasteiger partial charge in [0.15, 0.2) is 0 Å². The number of carboxylic acids is 2. The Morgan fingerprint density at radius 2 is 1.90 bits per heavy atom. The first-order valence-corrected chi connectivity index (χ1v) is 7.64. The third-order valence-electron chi connectivity index (χ3n) is 3.48. The third-order valence-corrected chi connectivity index (χ3v) is 5.33. The summed E-state index contributed by atoms with van der Waals surface area (Å²) >= 11 is 0. The summed E-state index contributed by atoms with van der Waals surface area (Å²) < 4.78 is 25.8. The van der Waals surface area contributed by atoms with E-state index in [-0.39, 0.29) is 24.4 Å². The minimum absolute atomic E-state index is 0.0298.